The second kappa shape index (κ2) is 9.50. The van der Waals surface area contributed by atoms with E-state index in [0.717, 1.165) is 13.1 Å². The Morgan fingerprint density at radius 2 is 2.03 bits per heavy atom. The summed E-state index contributed by atoms with van der Waals surface area (Å²) in [5.41, 5.74) is 0.343. The standard InChI is InChI=1S/C20H22FN5O4S/c1-28-16-12-14(22-19(23-16)29-2)18(27)26(7-6-25-8-10-30-11-9-25)20-24-17-13(21)4-3-5-15(17)31-20/h3-5,12H,6-11H2,1-2H3. The van der Waals surface area contributed by atoms with Crippen molar-refractivity contribution in [2.75, 3.05) is 58.5 Å². The molecule has 1 amide bonds. The van der Waals surface area contributed by atoms with Crippen LogP contribution in [-0.4, -0.2) is 79.4 Å². The van der Waals surface area contributed by atoms with Crippen LogP contribution >= 0.6 is 11.3 Å². The predicted molar refractivity (Wildman–Crippen MR) is 114 cm³/mol. The van der Waals surface area contributed by atoms with Crippen molar-refractivity contribution in [1.82, 2.24) is 19.9 Å². The summed E-state index contributed by atoms with van der Waals surface area (Å²) in [6.45, 7) is 3.85. The molecule has 1 fully saturated rings. The highest BCUT2D eigenvalue weighted by Gasteiger charge is 2.25. The van der Waals surface area contributed by atoms with Crippen molar-refractivity contribution in [3.63, 3.8) is 0 Å². The molecule has 1 saturated heterocycles. The summed E-state index contributed by atoms with van der Waals surface area (Å²) in [6.07, 6.45) is 0. The zero-order valence-electron chi connectivity index (χ0n) is 17.2. The van der Waals surface area contributed by atoms with Crippen LogP contribution in [-0.2, 0) is 4.74 Å². The zero-order valence-corrected chi connectivity index (χ0v) is 18.0. The Kier molecular flexibility index (Phi) is 6.54. The number of fused-ring (bicyclic) bond motifs is 1. The first-order valence-electron chi connectivity index (χ1n) is 9.73. The topological polar surface area (TPSA) is 89.9 Å². The molecule has 0 atom stereocenters. The number of para-hydroxylation sites is 1. The number of amides is 1. The second-order valence-corrected chi connectivity index (χ2v) is 7.79. The molecule has 3 heterocycles. The van der Waals surface area contributed by atoms with Crippen LogP contribution in [0.1, 0.15) is 10.5 Å². The van der Waals surface area contributed by atoms with Crippen molar-refractivity contribution < 1.29 is 23.4 Å². The van der Waals surface area contributed by atoms with Crippen molar-refractivity contribution in [1.29, 1.82) is 0 Å². The molecule has 4 rings (SSSR count). The Morgan fingerprint density at radius 3 is 2.74 bits per heavy atom. The fourth-order valence-corrected chi connectivity index (χ4v) is 4.22. The molecule has 0 radical (unpaired) electrons. The number of halogens is 1. The fourth-order valence-electron chi connectivity index (χ4n) is 3.22. The lowest BCUT2D eigenvalue weighted by molar-refractivity contribution is 0.0391. The van der Waals surface area contributed by atoms with Gasteiger partial charge in [0.05, 0.1) is 32.1 Å². The average Bonchev–Trinajstić information content (AvgIpc) is 3.24. The molecule has 1 aliphatic rings. The number of hydrogen-bond acceptors (Lipinski definition) is 9. The van der Waals surface area contributed by atoms with Gasteiger partial charge in [-0.3, -0.25) is 14.6 Å². The quantitative estimate of drug-likeness (QED) is 0.545. The Labute approximate surface area is 182 Å². The van der Waals surface area contributed by atoms with Crippen LogP contribution in [0.4, 0.5) is 9.52 Å². The average molecular weight is 447 g/mol. The summed E-state index contributed by atoms with van der Waals surface area (Å²) >= 11 is 1.25. The van der Waals surface area contributed by atoms with Gasteiger partial charge in [0.25, 0.3) is 5.91 Å². The summed E-state index contributed by atoms with van der Waals surface area (Å²) in [4.78, 5) is 29.8. The third-order valence-corrected chi connectivity index (χ3v) is 5.91. The van der Waals surface area contributed by atoms with Gasteiger partial charge in [-0.25, -0.2) is 9.37 Å². The molecule has 0 N–H and O–H groups in total. The van der Waals surface area contributed by atoms with Gasteiger partial charge in [-0.1, -0.05) is 17.4 Å². The fraction of sp³-hybridized carbons (Fsp3) is 0.400. The largest absolute Gasteiger partial charge is 0.481 e. The highest BCUT2D eigenvalue weighted by molar-refractivity contribution is 7.22. The van der Waals surface area contributed by atoms with Crippen molar-refractivity contribution in [3.8, 4) is 11.9 Å². The van der Waals surface area contributed by atoms with E-state index in [1.165, 1.54) is 42.6 Å². The van der Waals surface area contributed by atoms with Gasteiger partial charge in [-0.15, -0.1) is 0 Å². The number of ether oxygens (including phenoxy) is 3. The SMILES string of the molecule is COc1cc(C(=O)N(CCN2CCOCC2)c2nc3c(F)cccc3s2)nc(OC)n1. The summed E-state index contributed by atoms with van der Waals surface area (Å²) < 4.78 is 30.5. The number of aromatic nitrogens is 3. The minimum absolute atomic E-state index is 0.0196. The van der Waals surface area contributed by atoms with Crippen LogP contribution in [0, 0.1) is 5.82 Å². The Morgan fingerprint density at radius 1 is 1.23 bits per heavy atom. The molecular weight excluding hydrogens is 425 g/mol. The van der Waals surface area contributed by atoms with Crippen LogP contribution in [0.25, 0.3) is 10.2 Å². The number of morpholine rings is 1. The van der Waals surface area contributed by atoms with Crippen molar-refractivity contribution in [3.05, 3.63) is 35.8 Å². The molecular formula is C20H22FN5O4S. The minimum atomic E-state index is -0.425. The number of carbonyl (C=O) groups is 1. The van der Waals surface area contributed by atoms with E-state index >= 15 is 0 Å². The van der Waals surface area contributed by atoms with Gasteiger partial charge in [0.2, 0.25) is 5.88 Å². The van der Waals surface area contributed by atoms with Gasteiger partial charge in [0.15, 0.2) is 5.13 Å². The number of hydrogen-bond donors (Lipinski definition) is 0. The Hall–Kier alpha value is -2.89. The second-order valence-electron chi connectivity index (χ2n) is 6.78. The maximum absolute atomic E-state index is 14.2. The van der Waals surface area contributed by atoms with Crippen LogP contribution in [0.2, 0.25) is 0 Å². The normalized spacial score (nSPS) is 14.5. The lowest BCUT2D eigenvalue weighted by atomic mass is 10.3. The molecule has 0 saturated carbocycles. The molecule has 9 nitrogen and oxygen atoms in total. The van der Waals surface area contributed by atoms with Crippen LogP contribution in [0.5, 0.6) is 11.9 Å². The highest BCUT2D eigenvalue weighted by Crippen LogP contribution is 2.31. The van der Waals surface area contributed by atoms with E-state index in [0.29, 0.717) is 36.1 Å². The molecule has 0 aliphatic carbocycles. The van der Waals surface area contributed by atoms with Crippen LogP contribution < -0.4 is 14.4 Å². The van der Waals surface area contributed by atoms with Crippen LogP contribution in [0.15, 0.2) is 24.3 Å². The molecule has 0 unspecified atom stereocenters. The molecule has 1 aliphatic heterocycles. The first kappa shape index (κ1) is 21.3. The van der Waals surface area contributed by atoms with Crippen molar-refractivity contribution in [2.45, 2.75) is 0 Å². The van der Waals surface area contributed by atoms with E-state index in [2.05, 4.69) is 19.9 Å². The summed E-state index contributed by atoms with van der Waals surface area (Å²) in [5, 5.41) is 0.398. The van der Waals surface area contributed by atoms with Gasteiger partial charge in [-0.05, 0) is 12.1 Å². The van der Waals surface area contributed by atoms with E-state index in [1.54, 1.807) is 12.1 Å². The van der Waals surface area contributed by atoms with Gasteiger partial charge < -0.3 is 14.2 Å². The predicted octanol–water partition coefficient (Wildman–Crippen LogP) is 2.22. The summed E-state index contributed by atoms with van der Waals surface area (Å²) in [7, 11) is 2.86. The number of nitrogens with zero attached hydrogens (tertiary/aromatic N) is 5. The smallest absolute Gasteiger partial charge is 0.320 e. The molecule has 164 valence electrons. The van der Waals surface area contributed by atoms with E-state index in [1.807, 2.05) is 0 Å². The van der Waals surface area contributed by atoms with Crippen molar-refractivity contribution in [2.24, 2.45) is 0 Å². The number of carbonyl (C=O) groups excluding carboxylic acids is 1. The molecule has 31 heavy (non-hydrogen) atoms. The van der Waals surface area contributed by atoms with Gasteiger partial charge >= 0.3 is 6.01 Å². The van der Waals surface area contributed by atoms with E-state index in [-0.39, 0.29) is 23.1 Å². The van der Waals surface area contributed by atoms with Crippen LogP contribution in [0.3, 0.4) is 0 Å². The Balaban J connectivity index is 1.68. The Bertz CT molecular complexity index is 1050. The lowest BCUT2D eigenvalue weighted by Crippen LogP contribution is -2.43. The zero-order chi connectivity index (χ0) is 21.8. The maximum atomic E-state index is 14.2. The third kappa shape index (κ3) is 4.73. The number of anilines is 1. The highest BCUT2D eigenvalue weighted by atomic mass is 32.1. The van der Waals surface area contributed by atoms with Gasteiger partial charge in [0.1, 0.15) is 17.0 Å². The molecule has 1 aromatic carbocycles. The van der Waals surface area contributed by atoms with Gasteiger partial charge in [0, 0.05) is 32.2 Å². The molecule has 2 aromatic heterocycles. The lowest BCUT2D eigenvalue weighted by Gasteiger charge is -2.29. The first-order chi connectivity index (χ1) is 15.1. The van der Waals surface area contributed by atoms with Crippen molar-refractivity contribution >= 4 is 32.6 Å². The minimum Gasteiger partial charge on any atom is -0.481 e. The monoisotopic (exact) mass is 447 g/mol. The number of thiazole rings is 1. The first-order valence-corrected chi connectivity index (χ1v) is 10.5. The molecule has 11 heteroatoms. The number of methoxy groups -OCH3 is 2. The summed E-state index contributed by atoms with van der Waals surface area (Å²) in [5.74, 6) is -0.614. The van der Waals surface area contributed by atoms with E-state index in [9.17, 15) is 9.18 Å². The third-order valence-electron chi connectivity index (χ3n) is 4.87. The van der Waals surface area contributed by atoms with E-state index < -0.39 is 11.7 Å². The molecule has 0 bridgehead atoms. The number of benzene rings is 1. The summed E-state index contributed by atoms with van der Waals surface area (Å²) in [6, 6.07) is 6.22. The number of rotatable bonds is 7. The van der Waals surface area contributed by atoms with E-state index in [4.69, 9.17) is 14.2 Å². The maximum Gasteiger partial charge on any atom is 0.320 e. The molecule has 0 spiro atoms. The molecule has 3 aromatic rings. The van der Waals surface area contributed by atoms with Gasteiger partial charge in [-0.2, -0.15) is 9.97 Å².